The number of hydrogen-bond acceptors (Lipinski definition) is 6. The third-order valence-electron chi connectivity index (χ3n) is 7.43. The van der Waals surface area contributed by atoms with Crippen LogP contribution in [0.3, 0.4) is 0 Å². The molecule has 0 radical (unpaired) electrons. The number of fused-ring (bicyclic) bond motifs is 1. The van der Waals surface area contributed by atoms with Crippen LogP contribution < -0.4 is 10.1 Å². The molecule has 3 atom stereocenters. The summed E-state index contributed by atoms with van der Waals surface area (Å²) in [7, 11) is 1.64. The molecule has 0 spiro atoms. The van der Waals surface area contributed by atoms with Gasteiger partial charge in [-0.2, -0.15) is 0 Å². The summed E-state index contributed by atoms with van der Waals surface area (Å²) in [6.45, 7) is 1.96. The highest BCUT2D eigenvalue weighted by atomic mass is 16.6. The van der Waals surface area contributed by atoms with Gasteiger partial charge in [-0.05, 0) is 48.9 Å². The van der Waals surface area contributed by atoms with Crippen LogP contribution in [-0.2, 0) is 27.4 Å². The standard InChI is InChI=1S/C32H42N2O6/c1-37-27-19-17-25(18-20-27)22-34-28-24-38-29(30(28)40-32(34)36)16-12-7-5-3-2-4-6-8-13-21-33-31(35)39-23-26-14-10-9-11-15-26/h7,9-12,14-15,17-20,28-30H,2-6,8,13,16,21-24H2,1H3,(H,33,35)/b12-7+/t28-,29-,30-/m0/s1. The lowest BCUT2D eigenvalue weighted by atomic mass is 10.0. The SMILES string of the molecule is COc1ccc(CN2C(=O)O[C@@H]3[C@H](C/C=C/CCCCCCCCNC(=O)OCc4ccccc4)OC[C@@H]32)cc1. The second-order valence-electron chi connectivity index (χ2n) is 10.4. The van der Waals surface area contributed by atoms with Crippen molar-refractivity contribution in [1.82, 2.24) is 10.2 Å². The smallest absolute Gasteiger partial charge is 0.410 e. The summed E-state index contributed by atoms with van der Waals surface area (Å²) < 4.78 is 22.1. The Hall–Kier alpha value is -3.52. The lowest BCUT2D eigenvalue weighted by Gasteiger charge is -2.19. The molecule has 2 saturated heterocycles. The molecule has 216 valence electrons. The highest BCUT2D eigenvalue weighted by Crippen LogP contribution is 2.32. The molecule has 0 aromatic heterocycles. The number of hydrogen-bond donors (Lipinski definition) is 1. The summed E-state index contributed by atoms with van der Waals surface area (Å²) in [5, 5.41) is 2.82. The van der Waals surface area contributed by atoms with E-state index in [4.69, 9.17) is 18.9 Å². The number of benzene rings is 2. The minimum atomic E-state index is -0.355. The molecule has 2 aromatic rings. The number of ether oxygens (including phenoxy) is 4. The van der Waals surface area contributed by atoms with E-state index in [2.05, 4.69) is 17.5 Å². The second-order valence-corrected chi connectivity index (χ2v) is 10.4. The first-order valence-corrected chi connectivity index (χ1v) is 14.5. The number of amides is 2. The quantitative estimate of drug-likeness (QED) is 0.193. The fourth-order valence-corrected chi connectivity index (χ4v) is 5.12. The van der Waals surface area contributed by atoms with Crippen molar-refractivity contribution in [3.8, 4) is 5.75 Å². The Kier molecular flexibility index (Phi) is 11.7. The molecule has 0 bridgehead atoms. The molecule has 0 saturated carbocycles. The molecular weight excluding hydrogens is 508 g/mol. The van der Waals surface area contributed by atoms with Crippen molar-refractivity contribution in [2.45, 2.75) is 82.8 Å². The second kappa shape index (κ2) is 15.9. The number of allylic oxidation sites excluding steroid dienone is 1. The van der Waals surface area contributed by atoms with E-state index in [-0.39, 0.29) is 30.4 Å². The number of methoxy groups -OCH3 is 1. The zero-order chi connectivity index (χ0) is 28.0. The van der Waals surface area contributed by atoms with Crippen molar-refractivity contribution in [1.29, 1.82) is 0 Å². The molecule has 2 amide bonds. The fraction of sp³-hybridized carbons (Fsp3) is 0.500. The van der Waals surface area contributed by atoms with Gasteiger partial charge < -0.3 is 24.3 Å². The van der Waals surface area contributed by atoms with E-state index < -0.39 is 0 Å². The van der Waals surface area contributed by atoms with Gasteiger partial charge in [0.05, 0.1) is 19.8 Å². The van der Waals surface area contributed by atoms with Crippen LogP contribution >= 0.6 is 0 Å². The van der Waals surface area contributed by atoms with Crippen LogP contribution in [0.15, 0.2) is 66.7 Å². The summed E-state index contributed by atoms with van der Waals surface area (Å²) in [6, 6.07) is 17.4. The van der Waals surface area contributed by atoms with Gasteiger partial charge in [-0.25, -0.2) is 9.59 Å². The predicted molar refractivity (Wildman–Crippen MR) is 153 cm³/mol. The molecule has 0 aliphatic carbocycles. The van der Waals surface area contributed by atoms with Crippen molar-refractivity contribution in [3.63, 3.8) is 0 Å². The van der Waals surface area contributed by atoms with Crippen LogP contribution in [-0.4, -0.2) is 55.6 Å². The van der Waals surface area contributed by atoms with Crippen molar-refractivity contribution in [2.24, 2.45) is 0 Å². The highest BCUT2D eigenvalue weighted by Gasteiger charge is 2.50. The zero-order valence-electron chi connectivity index (χ0n) is 23.5. The monoisotopic (exact) mass is 550 g/mol. The van der Waals surface area contributed by atoms with Crippen molar-refractivity contribution >= 4 is 12.2 Å². The topological polar surface area (TPSA) is 86.3 Å². The Balaban J connectivity index is 1.000. The lowest BCUT2D eigenvalue weighted by Crippen LogP contribution is -2.36. The number of alkyl carbamates (subject to hydrolysis) is 1. The van der Waals surface area contributed by atoms with Gasteiger partial charge in [0.15, 0.2) is 6.10 Å². The van der Waals surface area contributed by atoms with E-state index in [9.17, 15) is 9.59 Å². The maximum absolute atomic E-state index is 12.5. The van der Waals surface area contributed by atoms with Gasteiger partial charge in [-0.3, -0.25) is 4.90 Å². The third-order valence-corrected chi connectivity index (χ3v) is 7.43. The molecule has 2 fully saturated rings. The van der Waals surface area contributed by atoms with E-state index in [0.717, 1.165) is 49.0 Å². The number of nitrogens with zero attached hydrogens (tertiary/aromatic N) is 1. The van der Waals surface area contributed by atoms with Crippen molar-refractivity contribution in [3.05, 3.63) is 77.9 Å². The Morgan fingerprint density at radius 1 is 0.975 bits per heavy atom. The molecule has 40 heavy (non-hydrogen) atoms. The number of unbranched alkanes of at least 4 members (excludes halogenated alkanes) is 6. The van der Waals surface area contributed by atoms with Crippen molar-refractivity contribution < 1.29 is 28.5 Å². The van der Waals surface area contributed by atoms with Crippen LogP contribution in [0.25, 0.3) is 0 Å². The molecule has 2 aliphatic rings. The molecule has 4 rings (SSSR count). The van der Waals surface area contributed by atoms with E-state index >= 15 is 0 Å². The molecule has 2 heterocycles. The lowest BCUT2D eigenvalue weighted by molar-refractivity contribution is 0.0309. The number of carbonyl (C=O) groups excluding carboxylic acids is 2. The van der Waals surface area contributed by atoms with Gasteiger partial charge in [0.2, 0.25) is 0 Å². The van der Waals surface area contributed by atoms with Gasteiger partial charge >= 0.3 is 12.2 Å². The molecule has 2 aliphatic heterocycles. The summed E-state index contributed by atoms with van der Waals surface area (Å²) in [6.07, 6.45) is 12.0. The molecule has 8 heteroatoms. The predicted octanol–water partition coefficient (Wildman–Crippen LogP) is 6.39. The Morgan fingerprint density at radius 3 is 2.50 bits per heavy atom. The fourth-order valence-electron chi connectivity index (χ4n) is 5.12. The summed E-state index contributed by atoms with van der Waals surface area (Å²) >= 11 is 0. The first-order chi connectivity index (χ1) is 19.6. The molecule has 1 N–H and O–H groups in total. The van der Waals surface area contributed by atoms with Gasteiger partial charge in [0.1, 0.15) is 18.5 Å². The van der Waals surface area contributed by atoms with Crippen LogP contribution in [0.2, 0.25) is 0 Å². The van der Waals surface area contributed by atoms with Crippen molar-refractivity contribution in [2.75, 3.05) is 20.3 Å². The number of nitrogens with one attached hydrogen (secondary N) is 1. The van der Waals surface area contributed by atoms with Gasteiger partial charge in [0, 0.05) is 13.1 Å². The highest BCUT2D eigenvalue weighted by molar-refractivity contribution is 5.71. The molecule has 8 nitrogen and oxygen atoms in total. The Labute approximate surface area is 237 Å². The number of rotatable bonds is 16. The average molecular weight is 551 g/mol. The summed E-state index contributed by atoms with van der Waals surface area (Å²) in [5.74, 6) is 0.796. The van der Waals surface area contributed by atoms with Gasteiger partial charge in [-0.1, -0.05) is 80.3 Å². The third kappa shape index (κ3) is 9.01. The van der Waals surface area contributed by atoms with E-state index in [1.807, 2.05) is 54.6 Å². The zero-order valence-corrected chi connectivity index (χ0v) is 23.5. The summed E-state index contributed by atoms with van der Waals surface area (Å²) in [5.41, 5.74) is 2.03. The number of carbonyl (C=O) groups is 2. The minimum absolute atomic E-state index is 0.0388. The average Bonchev–Trinajstić information content (AvgIpc) is 3.51. The van der Waals surface area contributed by atoms with E-state index in [1.165, 1.54) is 19.3 Å². The van der Waals surface area contributed by atoms with Crippen LogP contribution in [0, 0.1) is 0 Å². The van der Waals surface area contributed by atoms with Crippen LogP contribution in [0.5, 0.6) is 5.75 Å². The first kappa shape index (κ1) is 29.5. The van der Waals surface area contributed by atoms with Crippen LogP contribution in [0.4, 0.5) is 9.59 Å². The molecule has 2 aromatic carbocycles. The summed E-state index contributed by atoms with van der Waals surface area (Å²) in [4.78, 5) is 26.0. The Morgan fingerprint density at radius 2 is 1.73 bits per heavy atom. The molecular formula is C32H42N2O6. The van der Waals surface area contributed by atoms with E-state index in [1.54, 1.807) is 12.0 Å². The van der Waals surface area contributed by atoms with Crippen LogP contribution in [0.1, 0.15) is 62.5 Å². The Bertz CT molecular complexity index is 1070. The van der Waals surface area contributed by atoms with Gasteiger partial charge in [0.25, 0.3) is 0 Å². The van der Waals surface area contributed by atoms with Gasteiger partial charge in [-0.15, -0.1) is 0 Å². The molecule has 0 unspecified atom stereocenters. The normalized spacial score (nSPS) is 20.0. The largest absolute Gasteiger partial charge is 0.497 e. The van der Waals surface area contributed by atoms with E-state index in [0.29, 0.717) is 26.3 Å². The minimum Gasteiger partial charge on any atom is -0.497 e. The first-order valence-electron chi connectivity index (χ1n) is 14.5. The maximum Gasteiger partial charge on any atom is 0.410 e. The maximum atomic E-state index is 12.5.